The second-order valence-corrected chi connectivity index (χ2v) is 8.11. The van der Waals surface area contributed by atoms with Crippen LogP contribution in [0.15, 0.2) is 66.5 Å². The van der Waals surface area contributed by atoms with Crippen LogP contribution in [0.25, 0.3) is 0 Å². The lowest BCUT2D eigenvalue weighted by atomic mass is 10.1. The third-order valence-corrected chi connectivity index (χ3v) is 5.40. The number of benzene rings is 2. The molecule has 0 unspecified atom stereocenters. The van der Waals surface area contributed by atoms with E-state index in [2.05, 4.69) is 10.6 Å². The Labute approximate surface area is 197 Å². The Hall–Kier alpha value is -2.96. The van der Waals surface area contributed by atoms with E-state index in [-0.39, 0.29) is 24.9 Å². The summed E-state index contributed by atoms with van der Waals surface area (Å²) in [6.07, 6.45) is 6.89. The van der Waals surface area contributed by atoms with Gasteiger partial charge in [-0.3, -0.25) is 9.59 Å². The molecule has 8 heteroatoms. The topological polar surface area (TPSA) is 70.7 Å². The van der Waals surface area contributed by atoms with E-state index in [4.69, 9.17) is 27.9 Å². The van der Waals surface area contributed by atoms with Crippen molar-refractivity contribution in [2.75, 3.05) is 25.5 Å². The van der Waals surface area contributed by atoms with Crippen LogP contribution in [0.1, 0.15) is 18.4 Å². The highest BCUT2D eigenvalue weighted by molar-refractivity contribution is 6.39. The zero-order valence-electron chi connectivity index (χ0n) is 17.7. The number of hydrogen-bond donors (Lipinski definition) is 2. The van der Waals surface area contributed by atoms with Gasteiger partial charge in [0.15, 0.2) is 0 Å². The molecule has 0 atom stereocenters. The molecule has 6 nitrogen and oxygen atoms in total. The Morgan fingerprint density at radius 2 is 1.84 bits per heavy atom. The summed E-state index contributed by atoms with van der Waals surface area (Å²) in [7, 11) is 1.87. The Kier molecular flexibility index (Phi) is 8.59. The Morgan fingerprint density at radius 1 is 1.09 bits per heavy atom. The quantitative estimate of drug-likeness (QED) is 0.393. The molecule has 0 saturated carbocycles. The number of nitrogens with zero attached hydrogens (tertiary/aromatic N) is 1. The number of hydrogen-bond acceptors (Lipinski definition) is 5. The van der Waals surface area contributed by atoms with Crippen molar-refractivity contribution in [3.8, 4) is 0 Å². The molecular weight excluding hydrogens is 449 g/mol. The fourth-order valence-corrected chi connectivity index (χ4v) is 3.66. The second-order valence-electron chi connectivity index (χ2n) is 7.29. The van der Waals surface area contributed by atoms with Crippen LogP contribution in [0.5, 0.6) is 0 Å². The van der Waals surface area contributed by atoms with E-state index in [0.717, 1.165) is 11.3 Å². The maximum Gasteiger partial charge on any atom is 0.310 e. The third kappa shape index (κ3) is 6.77. The monoisotopic (exact) mass is 473 g/mol. The van der Waals surface area contributed by atoms with Gasteiger partial charge in [0.1, 0.15) is 0 Å². The first-order valence-electron chi connectivity index (χ1n) is 10.3. The van der Waals surface area contributed by atoms with Crippen molar-refractivity contribution in [1.82, 2.24) is 10.2 Å². The van der Waals surface area contributed by atoms with Crippen LogP contribution in [0.2, 0.25) is 10.0 Å². The van der Waals surface area contributed by atoms with Crippen molar-refractivity contribution in [3.05, 3.63) is 82.1 Å². The van der Waals surface area contributed by atoms with Crippen LogP contribution >= 0.6 is 23.2 Å². The predicted molar refractivity (Wildman–Crippen MR) is 128 cm³/mol. The number of amides is 1. The first-order chi connectivity index (χ1) is 15.4. The lowest BCUT2D eigenvalue weighted by Gasteiger charge is -2.16. The SMILES string of the molecule is CN1C=CCC(C(=O)NCCCOC(=O)Cc2ccccc2Nc2c(Cl)cccc2Cl)=C1. The van der Waals surface area contributed by atoms with Crippen LogP contribution in [0, 0.1) is 0 Å². The molecule has 0 saturated heterocycles. The van der Waals surface area contributed by atoms with E-state index in [1.807, 2.05) is 48.5 Å². The lowest BCUT2D eigenvalue weighted by Crippen LogP contribution is -2.28. The molecule has 2 aromatic rings. The number of para-hydroxylation sites is 2. The average molecular weight is 474 g/mol. The molecule has 1 heterocycles. The minimum atomic E-state index is -0.349. The van der Waals surface area contributed by atoms with Gasteiger partial charge in [0.05, 0.1) is 28.8 Å². The molecular formula is C24H25Cl2N3O3. The smallest absolute Gasteiger partial charge is 0.310 e. The number of carbonyl (C=O) groups excluding carboxylic acids is 2. The van der Waals surface area contributed by atoms with E-state index in [9.17, 15) is 9.59 Å². The van der Waals surface area contributed by atoms with Crippen LogP contribution in [-0.4, -0.2) is 37.0 Å². The number of esters is 1. The van der Waals surface area contributed by atoms with Gasteiger partial charge in [0, 0.05) is 31.1 Å². The molecule has 0 fully saturated rings. The standard InChI is InChI=1S/C24H25Cl2N3O3/c1-29-13-5-8-18(16-29)24(31)27-12-6-14-32-22(30)15-17-7-2-3-11-21(17)28-23-19(25)9-4-10-20(23)26/h2-5,7,9-11,13,16,28H,6,8,12,14-15H2,1H3,(H,27,31). The summed E-state index contributed by atoms with van der Waals surface area (Å²) in [5.41, 5.74) is 2.78. The molecule has 2 N–H and O–H groups in total. The summed E-state index contributed by atoms with van der Waals surface area (Å²) >= 11 is 12.5. The average Bonchev–Trinajstić information content (AvgIpc) is 2.77. The van der Waals surface area contributed by atoms with Crippen molar-refractivity contribution < 1.29 is 14.3 Å². The Morgan fingerprint density at radius 3 is 2.59 bits per heavy atom. The number of allylic oxidation sites excluding steroid dienone is 1. The summed E-state index contributed by atoms with van der Waals surface area (Å²) in [5.74, 6) is -0.455. The lowest BCUT2D eigenvalue weighted by molar-refractivity contribution is -0.142. The highest BCUT2D eigenvalue weighted by atomic mass is 35.5. The molecule has 2 aromatic carbocycles. The van der Waals surface area contributed by atoms with E-state index >= 15 is 0 Å². The van der Waals surface area contributed by atoms with Crippen molar-refractivity contribution in [2.45, 2.75) is 19.3 Å². The normalized spacial score (nSPS) is 12.8. The van der Waals surface area contributed by atoms with Gasteiger partial charge in [-0.05, 0) is 42.8 Å². The number of ether oxygens (including phenoxy) is 1. The fourth-order valence-electron chi connectivity index (χ4n) is 3.17. The van der Waals surface area contributed by atoms with Gasteiger partial charge in [0.2, 0.25) is 5.91 Å². The fraction of sp³-hybridized carbons (Fsp3) is 0.250. The van der Waals surface area contributed by atoms with Crippen molar-refractivity contribution in [3.63, 3.8) is 0 Å². The van der Waals surface area contributed by atoms with Gasteiger partial charge < -0.3 is 20.3 Å². The highest BCUT2D eigenvalue weighted by Gasteiger charge is 2.13. The molecule has 3 rings (SSSR count). The largest absolute Gasteiger partial charge is 0.465 e. The third-order valence-electron chi connectivity index (χ3n) is 4.77. The summed E-state index contributed by atoms with van der Waals surface area (Å²) in [4.78, 5) is 26.3. The molecule has 0 spiro atoms. The molecule has 0 aromatic heterocycles. The predicted octanol–water partition coefficient (Wildman–Crippen LogP) is 5.06. The van der Waals surface area contributed by atoms with Crippen molar-refractivity contribution >= 4 is 46.5 Å². The van der Waals surface area contributed by atoms with E-state index in [1.165, 1.54) is 0 Å². The minimum Gasteiger partial charge on any atom is -0.465 e. The maximum atomic E-state index is 12.3. The minimum absolute atomic E-state index is 0.100. The van der Waals surface area contributed by atoms with Gasteiger partial charge in [-0.1, -0.05) is 53.5 Å². The van der Waals surface area contributed by atoms with Gasteiger partial charge in [-0.2, -0.15) is 0 Å². The molecule has 1 aliphatic rings. The number of anilines is 2. The first kappa shape index (κ1) is 23.7. The van der Waals surface area contributed by atoms with Crippen molar-refractivity contribution in [2.24, 2.45) is 0 Å². The first-order valence-corrected chi connectivity index (χ1v) is 11.0. The zero-order valence-corrected chi connectivity index (χ0v) is 19.2. The van der Waals surface area contributed by atoms with Crippen LogP contribution < -0.4 is 10.6 Å². The van der Waals surface area contributed by atoms with E-state index < -0.39 is 0 Å². The summed E-state index contributed by atoms with van der Waals surface area (Å²) in [6.45, 7) is 0.657. The molecule has 1 amide bonds. The van der Waals surface area contributed by atoms with Crippen LogP contribution in [0.4, 0.5) is 11.4 Å². The summed E-state index contributed by atoms with van der Waals surface area (Å²) < 4.78 is 5.34. The molecule has 32 heavy (non-hydrogen) atoms. The molecule has 0 aliphatic carbocycles. The summed E-state index contributed by atoms with van der Waals surface area (Å²) in [5, 5.41) is 7.03. The van der Waals surface area contributed by atoms with Gasteiger partial charge in [0.25, 0.3) is 0 Å². The number of halogens is 2. The molecule has 168 valence electrons. The molecule has 1 aliphatic heterocycles. The van der Waals surface area contributed by atoms with E-state index in [0.29, 0.717) is 40.7 Å². The number of rotatable bonds is 9. The van der Waals surface area contributed by atoms with Crippen molar-refractivity contribution in [1.29, 1.82) is 0 Å². The van der Waals surface area contributed by atoms with E-state index in [1.54, 1.807) is 24.4 Å². The highest BCUT2D eigenvalue weighted by Crippen LogP contribution is 2.33. The number of carbonyl (C=O) groups is 2. The van der Waals surface area contributed by atoms with Gasteiger partial charge >= 0.3 is 5.97 Å². The Balaban J connectivity index is 1.45. The maximum absolute atomic E-state index is 12.3. The van der Waals surface area contributed by atoms with Crippen LogP contribution in [0.3, 0.4) is 0 Å². The van der Waals surface area contributed by atoms with Gasteiger partial charge in [-0.15, -0.1) is 0 Å². The van der Waals surface area contributed by atoms with Crippen LogP contribution in [-0.2, 0) is 20.7 Å². The summed E-state index contributed by atoms with van der Waals surface area (Å²) in [6, 6.07) is 12.7. The van der Waals surface area contributed by atoms with Gasteiger partial charge in [-0.25, -0.2) is 0 Å². The number of nitrogens with one attached hydrogen (secondary N) is 2. The second kappa shape index (κ2) is 11.6. The molecule has 0 radical (unpaired) electrons. The zero-order chi connectivity index (χ0) is 22.9. The Bertz CT molecular complexity index is 1020. The molecule has 0 bridgehead atoms.